The molecule has 0 unspecified atom stereocenters. The highest BCUT2D eigenvalue weighted by Gasteiger charge is 2.32. The van der Waals surface area contributed by atoms with Gasteiger partial charge >= 0.3 is 0 Å². The van der Waals surface area contributed by atoms with E-state index in [9.17, 15) is 0 Å². The molecule has 0 saturated carbocycles. The van der Waals surface area contributed by atoms with Crippen LogP contribution >= 0.6 is 0 Å². The molecular formula is C16H25NO2. The first-order valence-corrected chi connectivity index (χ1v) is 7.17. The molecule has 106 valence electrons. The summed E-state index contributed by atoms with van der Waals surface area (Å²) in [7, 11) is 0. The van der Waals surface area contributed by atoms with Crippen LogP contribution in [0.15, 0.2) is 24.3 Å². The summed E-state index contributed by atoms with van der Waals surface area (Å²) in [5, 5.41) is 0. The number of benzene rings is 1. The van der Waals surface area contributed by atoms with Crippen LogP contribution < -0.4 is 10.5 Å². The van der Waals surface area contributed by atoms with Crippen LogP contribution in [0.5, 0.6) is 5.75 Å². The van der Waals surface area contributed by atoms with Crippen molar-refractivity contribution in [3.05, 3.63) is 29.8 Å². The third-order valence-corrected chi connectivity index (χ3v) is 3.89. The first-order valence-electron chi connectivity index (χ1n) is 7.17. The van der Waals surface area contributed by atoms with Crippen LogP contribution in [0.25, 0.3) is 0 Å². The standard InChI is InChI=1S/C16H25NO2/c1-13(2)11-19-15-5-3-14(4-6-15)16(12-17)7-9-18-10-8-16/h3-6,13H,7-12,17H2,1-2H3. The molecular weight excluding hydrogens is 238 g/mol. The van der Waals surface area contributed by atoms with Crippen molar-refractivity contribution in [2.75, 3.05) is 26.4 Å². The molecule has 0 aromatic heterocycles. The monoisotopic (exact) mass is 263 g/mol. The topological polar surface area (TPSA) is 44.5 Å². The summed E-state index contributed by atoms with van der Waals surface area (Å²) >= 11 is 0. The third kappa shape index (κ3) is 3.48. The van der Waals surface area contributed by atoms with E-state index in [1.807, 2.05) is 0 Å². The molecule has 3 heteroatoms. The van der Waals surface area contributed by atoms with Gasteiger partial charge in [0.25, 0.3) is 0 Å². The van der Waals surface area contributed by atoms with Gasteiger partial charge in [0.1, 0.15) is 5.75 Å². The lowest BCUT2D eigenvalue weighted by molar-refractivity contribution is 0.0529. The van der Waals surface area contributed by atoms with Gasteiger partial charge in [-0.3, -0.25) is 0 Å². The van der Waals surface area contributed by atoms with E-state index in [2.05, 4.69) is 38.1 Å². The number of ether oxygens (including phenoxy) is 2. The molecule has 1 aromatic carbocycles. The molecule has 3 nitrogen and oxygen atoms in total. The summed E-state index contributed by atoms with van der Waals surface area (Å²) < 4.78 is 11.2. The van der Waals surface area contributed by atoms with Crippen LogP contribution in [0.1, 0.15) is 32.3 Å². The Kier molecular flexibility index (Phi) is 4.83. The average Bonchev–Trinajstić information content (AvgIpc) is 2.46. The number of hydrogen-bond acceptors (Lipinski definition) is 3. The minimum atomic E-state index is 0.0921. The van der Waals surface area contributed by atoms with Crippen molar-refractivity contribution in [1.82, 2.24) is 0 Å². The lowest BCUT2D eigenvalue weighted by Gasteiger charge is -2.36. The van der Waals surface area contributed by atoms with Crippen LogP contribution in [0.3, 0.4) is 0 Å². The van der Waals surface area contributed by atoms with Gasteiger partial charge in [-0.15, -0.1) is 0 Å². The van der Waals surface area contributed by atoms with Crippen molar-refractivity contribution in [3.63, 3.8) is 0 Å². The summed E-state index contributed by atoms with van der Waals surface area (Å²) in [5.74, 6) is 1.49. The van der Waals surface area contributed by atoms with Gasteiger partial charge in [0.15, 0.2) is 0 Å². The zero-order chi connectivity index (χ0) is 13.7. The van der Waals surface area contributed by atoms with Gasteiger partial charge in [-0.2, -0.15) is 0 Å². The first-order chi connectivity index (χ1) is 9.16. The summed E-state index contributed by atoms with van der Waals surface area (Å²) in [6.45, 7) is 7.36. The molecule has 1 aliphatic rings. The predicted molar refractivity (Wildman–Crippen MR) is 77.6 cm³/mol. The van der Waals surface area contributed by atoms with Gasteiger partial charge in [-0.1, -0.05) is 26.0 Å². The first kappa shape index (κ1) is 14.4. The van der Waals surface area contributed by atoms with E-state index in [1.54, 1.807) is 0 Å². The third-order valence-electron chi connectivity index (χ3n) is 3.89. The summed E-state index contributed by atoms with van der Waals surface area (Å²) in [4.78, 5) is 0. The Bertz CT molecular complexity index is 380. The number of rotatable bonds is 5. The summed E-state index contributed by atoms with van der Waals surface area (Å²) in [6, 6.07) is 8.44. The maximum absolute atomic E-state index is 6.02. The maximum Gasteiger partial charge on any atom is 0.119 e. The van der Waals surface area contributed by atoms with Crippen molar-refractivity contribution in [2.24, 2.45) is 11.7 Å². The Hall–Kier alpha value is -1.06. The largest absolute Gasteiger partial charge is 0.493 e. The van der Waals surface area contributed by atoms with E-state index in [0.29, 0.717) is 12.5 Å². The Morgan fingerprint density at radius 1 is 1.21 bits per heavy atom. The molecule has 1 fully saturated rings. The molecule has 1 aromatic rings. The van der Waals surface area contributed by atoms with E-state index in [-0.39, 0.29) is 5.41 Å². The fourth-order valence-electron chi connectivity index (χ4n) is 2.54. The Morgan fingerprint density at radius 2 is 1.84 bits per heavy atom. The van der Waals surface area contributed by atoms with E-state index in [1.165, 1.54) is 5.56 Å². The summed E-state index contributed by atoms with van der Waals surface area (Å²) in [6.07, 6.45) is 2.02. The Morgan fingerprint density at radius 3 is 2.37 bits per heavy atom. The van der Waals surface area contributed by atoms with Crippen molar-refractivity contribution >= 4 is 0 Å². The summed E-state index contributed by atoms with van der Waals surface area (Å²) in [5.41, 5.74) is 7.43. The smallest absolute Gasteiger partial charge is 0.119 e. The van der Waals surface area contributed by atoms with Crippen LogP contribution in [-0.2, 0) is 10.2 Å². The second-order valence-corrected chi connectivity index (χ2v) is 5.83. The second kappa shape index (κ2) is 6.40. The van der Waals surface area contributed by atoms with Crippen molar-refractivity contribution < 1.29 is 9.47 Å². The van der Waals surface area contributed by atoms with Crippen molar-refractivity contribution in [3.8, 4) is 5.75 Å². The second-order valence-electron chi connectivity index (χ2n) is 5.83. The number of nitrogens with two attached hydrogens (primary N) is 1. The molecule has 0 atom stereocenters. The average molecular weight is 263 g/mol. The molecule has 0 amide bonds. The van der Waals surface area contributed by atoms with Gasteiger partial charge in [0.2, 0.25) is 0 Å². The molecule has 1 aliphatic heterocycles. The molecule has 2 rings (SSSR count). The normalized spacial score (nSPS) is 18.5. The predicted octanol–water partition coefficient (Wildman–Crippen LogP) is 2.73. The zero-order valence-corrected chi connectivity index (χ0v) is 12.0. The fourth-order valence-corrected chi connectivity index (χ4v) is 2.54. The maximum atomic E-state index is 6.02. The van der Waals surface area contributed by atoms with E-state index in [4.69, 9.17) is 15.2 Å². The highest BCUT2D eigenvalue weighted by molar-refractivity contribution is 5.33. The Labute approximate surface area is 116 Å². The van der Waals surface area contributed by atoms with Gasteiger partial charge in [0, 0.05) is 25.2 Å². The highest BCUT2D eigenvalue weighted by atomic mass is 16.5. The van der Waals surface area contributed by atoms with Crippen molar-refractivity contribution in [1.29, 1.82) is 0 Å². The molecule has 2 N–H and O–H groups in total. The van der Waals surface area contributed by atoms with E-state index >= 15 is 0 Å². The van der Waals surface area contributed by atoms with Crippen LogP contribution in [0.2, 0.25) is 0 Å². The zero-order valence-electron chi connectivity index (χ0n) is 12.0. The van der Waals surface area contributed by atoms with Gasteiger partial charge in [0.05, 0.1) is 6.61 Å². The minimum Gasteiger partial charge on any atom is -0.493 e. The van der Waals surface area contributed by atoms with Gasteiger partial charge < -0.3 is 15.2 Å². The fraction of sp³-hybridized carbons (Fsp3) is 0.625. The molecule has 0 spiro atoms. The van der Waals surface area contributed by atoms with Crippen LogP contribution in [0.4, 0.5) is 0 Å². The van der Waals surface area contributed by atoms with Crippen LogP contribution in [-0.4, -0.2) is 26.4 Å². The molecule has 19 heavy (non-hydrogen) atoms. The highest BCUT2D eigenvalue weighted by Crippen LogP contribution is 2.34. The molecule has 0 aliphatic carbocycles. The lowest BCUT2D eigenvalue weighted by atomic mass is 9.74. The number of hydrogen-bond donors (Lipinski definition) is 1. The van der Waals surface area contributed by atoms with E-state index in [0.717, 1.165) is 38.4 Å². The van der Waals surface area contributed by atoms with Gasteiger partial charge in [-0.25, -0.2) is 0 Å². The molecule has 1 heterocycles. The van der Waals surface area contributed by atoms with Crippen LogP contribution in [0, 0.1) is 5.92 Å². The van der Waals surface area contributed by atoms with Crippen molar-refractivity contribution in [2.45, 2.75) is 32.1 Å². The lowest BCUT2D eigenvalue weighted by Crippen LogP contribution is -2.40. The Balaban J connectivity index is 2.07. The quantitative estimate of drug-likeness (QED) is 0.888. The SMILES string of the molecule is CC(C)COc1ccc(C2(CN)CCOCC2)cc1. The molecule has 1 saturated heterocycles. The minimum absolute atomic E-state index is 0.0921. The van der Waals surface area contributed by atoms with E-state index < -0.39 is 0 Å². The molecule has 0 radical (unpaired) electrons. The van der Waals surface area contributed by atoms with Gasteiger partial charge in [-0.05, 0) is 36.5 Å². The molecule has 0 bridgehead atoms.